The zero-order chi connectivity index (χ0) is 24.3. The molecule has 0 fully saturated rings. The molecule has 3 aromatic carbocycles. The number of nitrogens with one attached hydrogen (secondary N) is 1. The highest BCUT2D eigenvalue weighted by Gasteiger charge is 2.31. The standard InChI is InChI=1S/C28H31ClN2O3/c1-3-21(2)30-28(33)26(18-22-12-6-4-7-13-22)31(19-23-14-10-11-17-25(23)29)27(32)20-34-24-15-8-5-9-16-24/h4-17,21,26H,3,18-20H2,1-2H3,(H,30,33)/t21-,26+/m1/s1. The number of carbonyl (C=O) groups excluding carboxylic acids is 2. The lowest BCUT2D eigenvalue weighted by atomic mass is 10.0. The fourth-order valence-electron chi connectivity index (χ4n) is 3.55. The van der Waals surface area contributed by atoms with Crippen molar-refractivity contribution < 1.29 is 14.3 Å². The van der Waals surface area contributed by atoms with Gasteiger partial charge in [0.15, 0.2) is 6.61 Å². The molecule has 0 saturated carbocycles. The van der Waals surface area contributed by atoms with Crippen molar-refractivity contribution in [3.8, 4) is 5.75 Å². The first kappa shape index (κ1) is 25.3. The van der Waals surface area contributed by atoms with Gasteiger partial charge in [-0.05, 0) is 42.7 Å². The van der Waals surface area contributed by atoms with Crippen LogP contribution in [0.1, 0.15) is 31.4 Å². The number of rotatable bonds is 11. The third-order valence-electron chi connectivity index (χ3n) is 5.68. The van der Waals surface area contributed by atoms with E-state index in [0.717, 1.165) is 17.5 Å². The first-order chi connectivity index (χ1) is 16.5. The van der Waals surface area contributed by atoms with E-state index < -0.39 is 6.04 Å². The molecule has 0 unspecified atom stereocenters. The number of halogens is 1. The van der Waals surface area contributed by atoms with Gasteiger partial charge in [0.05, 0.1) is 0 Å². The van der Waals surface area contributed by atoms with Crippen LogP contribution in [0.2, 0.25) is 5.02 Å². The van der Waals surface area contributed by atoms with Crippen molar-refractivity contribution >= 4 is 23.4 Å². The largest absolute Gasteiger partial charge is 0.484 e. The maximum atomic E-state index is 13.5. The fraction of sp³-hybridized carbons (Fsp3) is 0.286. The Morgan fingerprint density at radius 1 is 0.941 bits per heavy atom. The Bertz CT molecular complexity index is 1060. The topological polar surface area (TPSA) is 58.6 Å². The van der Waals surface area contributed by atoms with E-state index in [0.29, 0.717) is 17.2 Å². The molecule has 0 aromatic heterocycles. The summed E-state index contributed by atoms with van der Waals surface area (Å²) in [7, 11) is 0. The van der Waals surface area contributed by atoms with Crippen LogP contribution in [0.4, 0.5) is 0 Å². The predicted octanol–water partition coefficient (Wildman–Crippen LogP) is 5.27. The van der Waals surface area contributed by atoms with Gasteiger partial charge in [-0.3, -0.25) is 9.59 Å². The first-order valence-electron chi connectivity index (χ1n) is 11.5. The van der Waals surface area contributed by atoms with Crippen molar-refractivity contribution in [3.05, 3.63) is 101 Å². The van der Waals surface area contributed by atoms with Gasteiger partial charge in [0.1, 0.15) is 11.8 Å². The number of ether oxygens (including phenoxy) is 1. The number of hydrogen-bond acceptors (Lipinski definition) is 3. The van der Waals surface area contributed by atoms with Gasteiger partial charge in [0.2, 0.25) is 5.91 Å². The number of nitrogens with zero attached hydrogens (tertiary/aromatic N) is 1. The number of amides is 2. The minimum Gasteiger partial charge on any atom is -0.484 e. The second-order valence-electron chi connectivity index (χ2n) is 8.24. The molecular weight excluding hydrogens is 448 g/mol. The van der Waals surface area contributed by atoms with E-state index in [1.54, 1.807) is 23.1 Å². The maximum absolute atomic E-state index is 13.5. The molecule has 2 atom stereocenters. The summed E-state index contributed by atoms with van der Waals surface area (Å²) >= 11 is 6.43. The van der Waals surface area contributed by atoms with Crippen LogP contribution < -0.4 is 10.1 Å². The molecule has 178 valence electrons. The van der Waals surface area contributed by atoms with Gasteiger partial charge in [-0.1, -0.05) is 85.3 Å². The first-order valence-corrected chi connectivity index (χ1v) is 11.9. The summed E-state index contributed by atoms with van der Waals surface area (Å²) < 4.78 is 5.74. The molecular formula is C28H31ClN2O3. The van der Waals surface area contributed by atoms with Gasteiger partial charge in [-0.25, -0.2) is 0 Å². The molecule has 2 amide bonds. The van der Waals surface area contributed by atoms with Crippen LogP contribution in [0.3, 0.4) is 0 Å². The van der Waals surface area contributed by atoms with Gasteiger partial charge in [0.25, 0.3) is 5.91 Å². The fourth-order valence-corrected chi connectivity index (χ4v) is 3.75. The molecule has 0 aliphatic rings. The highest BCUT2D eigenvalue weighted by Crippen LogP contribution is 2.21. The highest BCUT2D eigenvalue weighted by atomic mass is 35.5. The normalized spacial score (nSPS) is 12.4. The molecule has 3 aromatic rings. The number of hydrogen-bond donors (Lipinski definition) is 1. The number of benzene rings is 3. The van der Waals surface area contributed by atoms with Crippen LogP contribution in [-0.4, -0.2) is 35.4 Å². The van der Waals surface area contributed by atoms with E-state index in [-0.39, 0.29) is 31.0 Å². The van der Waals surface area contributed by atoms with E-state index in [4.69, 9.17) is 16.3 Å². The van der Waals surface area contributed by atoms with Crippen LogP contribution >= 0.6 is 11.6 Å². The van der Waals surface area contributed by atoms with Gasteiger partial charge in [0, 0.05) is 24.0 Å². The van der Waals surface area contributed by atoms with Crippen LogP contribution in [0, 0.1) is 0 Å². The summed E-state index contributed by atoms with van der Waals surface area (Å²) in [5.41, 5.74) is 1.74. The van der Waals surface area contributed by atoms with Crippen molar-refractivity contribution in [3.63, 3.8) is 0 Å². The van der Waals surface area contributed by atoms with Crippen LogP contribution in [0.15, 0.2) is 84.9 Å². The molecule has 0 aliphatic carbocycles. The molecule has 0 saturated heterocycles. The van der Waals surface area contributed by atoms with E-state index in [9.17, 15) is 9.59 Å². The van der Waals surface area contributed by atoms with Gasteiger partial charge in [-0.2, -0.15) is 0 Å². The third-order valence-corrected chi connectivity index (χ3v) is 6.04. The Balaban J connectivity index is 1.92. The second kappa shape index (κ2) is 12.8. The molecule has 0 bridgehead atoms. The summed E-state index contributed by atoms with van der Waals surface area (Å²) in [5, 5.41) is 3.60. The van der Waals surface area contributed by atoms with Crippen molar-refractivity contribution in [2.24, 2.45) is 0 Å². The summed E-state index contributed by atoms with van der Waals surface area (Å²) in [5.74, 6) is 0.111. The number of carbonyl (C=O) groups is 2. The highest BCUT2D eigenvalue weighted by molar-refractivity contribution is 6.31. The zero-order valence-corrected chi connectivity index (χ0v) is 20.4. The van der Waals surface area contributed by atoms with Gasteiger partial charge < -0.3 is 15.0 Å². The molecule has 0 heterocycles. The second-order valence-corrected chi connectivity index (χ2v) is 8.65. The molecule has 1 N–H and O–H groups in total. The van der Waals surface area contributed by atoms with Crippen molar-refractivity contribution in [1.29, 1.82) is 0 Å². The molecule has 5 nitrogen and oxygen atoms in total. The van der Waals surface area contributed by atoms with E-state index in [2.05, 4.69) is 5.32 Å². The van der Waals surface area contributed by atoms with E-state index in [1.165, 1.54) is 0 Å². The zero-order valence-electron chi connectivity index (χ0n) is 19.6. The lowest BCUT2D eigenvalue weighted by Crippen LogP contribution is -2.53. The lowest BCUT2D eigenvalue weighted by Gasteiger charge is -2.32. The average molecular weight is 479 g/mol. The molecule has 6 heteroatoms. The quantitative estimate of drug-likeness (QED) is 0.408. The SMILES string of the molecule is CC[C@@H](C)NC(=O)[C@H](Cc1ccccc1)N(Cc1ccccc1Cl)C(=O)COc1ccccc1. The Labute approximate surface area is 206 Å². The summed E-state index contributed by atoms with van der Waals surface area (Å²) in [6.07, 6.45) is 1.17. The minimum absolute atomic E-state index is 0.0105. The third kappa shape index (κ3) is 7.35. The van der Waals surface area contributed by atoms with E-state index in [1.807, 2.05) is 80.6 Å². The number of para-hydroxylation sites is 1. The Hall–Kier alpha value is -3.31. The summed E-state index contributed by atoms with van der Waals surface area (Å²) in [4.78, 5) is 28.5. The predicted molar refractivity (Wildman–Crippen MR) is 136 cm³/mol. The average Bonchev–Trinajstić information content (AvgIpc) is 2.86. The van der Waals surface area contributed by atoms with Crippen molar-refractivity contribution in [2.45, 2.75) is 45.3 Å². The monoisotopic (exact) mass is 478 g/mol. The molecule has 0 aliphatic heterocycles. The maximum Gasteiger partial charge on any atom is 0.261 e. The van der Waals surface area contributed by atoms with E-state index >= 15 is 0 Å². The van der Waals surface area contributed by atoms with Gasteiger partial charge >= 0.3 is 0 Å². The smallest absolute Gasteiger partial charge is 0.261 e. The van der Waals surface area contributed by atoms with Crippen molar-refractivity contribution in [1.82, 2.24) is 10.2 Å². The van der Waals surface area contributed by atoms with Crippen LogP contribution in [-0.2, 0) is 22.6 Å². The molecule has 0 spiro atoms. The summed E-state index contributed by atoms with van der Waals surface area (Å²) in [6, 6.07) is 25.5. The van der Waals surface area contributed by atoms with Crippen LogP contribution in [0.25, 0.3) is 0 Å². The minimum atomic E-state index is -0.723. The van der Waals surface area contributed by atoms with Crippen LogP contribution in [0.5, 0.6) is 5.75 Å². The Morgan fingerprint density at radius 2 is 1.56 bits per heavy atom. The summed E-state index contributed by atoms with van der Waals surface area (Å²) in [6.45, 7) is 3.98. The molecule has 3 rings (SSSR count). The molecule has 34 heavy (non-hydrogen) atoms. The van der Waals surface area contributed by atoms with Crippen molar-refractivity contribution in [2.75, 3.05) is 6.61 Å². The Morgan fingerprint density at radius 3 is 2.21 bits per heavy atom. The van der Waals surface area contributed by atoms with Gasteiger partial charge in [-0.15, -0.1) is 0 Å². The lowest BCUT2D eigenvalue weighted by molar-refractivity contribution is -0.143. The Kier molecular flexibility index (Phi) is 9.53. The molecule has 0 radical (unpaired) electrons.